The summed E-state index contributed by atoms with van der Waals surface area (Å²) >= 11 is 0. The van der Waals surface area contributed by atoms with Gasteiger partial charge in [-0.25, -0.2) is 9.78 Å². The zero-order valence-corrected chi connectivity index (χ0v) is 15.8. The maximum atomic E-state index is 13.0. The molecule has 0 fully saturated rings. The molecule has 0 aliphatic carbocycles. The van der Waals surface area contributed by atoms with Gasteiger partial charge in [0.2, 0.25) is 11.6 Å². The third-order valence-corrected chi connectivity index (χ3v) is 4.20. The Morgan fingerprint density at radius 3 is 2.79 bits per heavy atom. The van der Waals surface area contributed by atoms with Crippen LogP contribution in [-0.4, -0.2) is 33.2 Å². The van der Waals surface area contributed by atoms with Gasteiger partial charge < -0.3 is 14.6 Å². The predicted octanol–water partition coefficient (Wildman–Crippen LogP) is 2.46. The summed E-state index contributed by atoms with van der Waals surface area (Å²) < 4.78 is 11.0. The lowest BCUT2D eigenvalue weighted by Gasteiger charge is -2.17. The summed E-state index contributed by atoms with van der Waals surface area (Å²) in [7, 11) is 0. The average molecular weight is 384 g/mol. The molecule has 0 saturated carbocycles. The van der Waals surface area contributed by atoms with E-state index >= 15 is 0 Å². The van der Waals surface area contributed by atoms with Crippen LogP contribution in [0.2, 0.25) is 0 Å². The number of nitrogens with zero attached hydrogens (tertiary/aromatic N) is 3. The van der Waals surface area contributed by atoms with E-state index in [-0.39, 0.29) is 29.3 Å². The lowest BCUT2D eigenvalue weighted by atomic mass is 10.1. The van der Waals surface area contributed by atoms with Gasteiger partial charge in [0.1, 0.15) is 17.8 Å². The topological polar surface area (TPSA) is 116 Å². The molecule has 0 bridgehead atoms. The summed E-state index contributed by atoms with van der Waals surface area (Å²) in [6.45, 7) is 5.45. The van der Waals surface area contributed by atoms with E-state index in [1.54, 1.807) is 19.9 Å². The van der Waals surface area contributed by atoms with E-state index in [9.17, 15) is 14.4 Å². The van der Waals surface area contributed by atoms with Gasteiger partial charge in [-0.05, 0) is 38.0 Å². The van der Waals surface area contributed by atoms with Crippen LogP contribution in [0, 0.1) is 6.92 Å². The molecule has 0 spiro atoms. The molecule has 1 amide bonds. The standard InChI is InChI=1S/C19H20N4O5/c1-4-13(16(24)21-12-8-6-7-11(3)9-12)23-10-20-17-14(18(23)25)15(22-28-17)19(26)27-5-2/h6-10,13H,4-5H2,1-3H3,(H,21,24)/t13-/m1/s1. The van der Waals surface area contributed by atoms with Gasteiger partial charge in [-0.3, -0.25) is 14.2 Å². The first kappa shape index (κ1) is 19.3. The van der Waals surface area contributed by atoms with E-state index in [2.05, 4.69) is 15.5 Å². The average Bonchev–Trinajstić information content (AvgIpc) is 3.09. The number of benzene rings is 1. The van der Waals surface area contributed by atoms with Crippen molar-refractivity contribution in [1.29, 1.82) is 0 Å². The van der Waals surface area contributed by atoms with Crippen molar-refractivity contribution >= 4 is 28.7 Å². The van der Waals surface area contributed by atoms with Crippen molar-refractivity contribution in [3.8, 4) is 0 Å². The van der Waals surface area contributed by atoms with Crippen molar-refractivity contribution in [2.45, 2.75) is 33.2 Å². The Bertz CT molecular complexity index is 1090. The van der Waals surface area contributed by atoms with E-state index in [1.807, 2.05) is 25.1 Å². The maximum Gasteiger partial charge on any atom is 0.361 e. The minimum atomic E-state index is -0.824. The minimum Gasteiger partial charge on any atom is -0.461 e. The number of aromatic nitrogens is 3. The smallest absolute Gasteiger partial charge is 0.361 e. The highest BCUT2D eigenvalue weighted by Gasteiger charge is 2.26. The normalized spacial score (nSPS) is 12.0. The maximum absolute atomic E-state index is 13.0. The summed E-state index contributed by atoms with van der Waals surface area (Å²) in [5.74, 6) is -1.15. The molecule has 0 unspecified atom stereocenters. The molecule has 9 nitrogen and oxygen atoms in total. The zero-order chi connectivity index (χ0) is 20.3. The Kier molecular flexibility index (Phi) is 5.53. The number of hydrogen-bond donors (Lipinski definition) is 1. The van der Waals surface area contributed by atoms with E-state index in [0.717, 1.165) is 5.56 Å². The molecule has 146 valence electrons. The number of esters is 1. The molecular weight excluding hydrogens is 364 g/mol. The summed E-state index contributed by atoms with van der Waals surface area (Å²) in [6, 6.07) is 6.51. The Morgan fingerprint density at radius 2 is 2.11 bits per heavy atom. The van der Waals surface area contributed by atoms with Gasteiger partial charge >= 0.3 is 5.97 Å². The van der Waals surface area contributed by atoms with Crippen LogP contribution >= 0.6 is 0 Å². The van der Waals surface area contributed by atoms with Gasteiger partial charge in [0.15, 0.2) is 0 Å². The Balaban J connectivity index is 1.99. The van der Waals surface area contributed by atoms with E-state index < -0.39 is 17.6 Å². The molecule has 1 N–H and O–H groups in total. The second kappa shape index (κ2) is 8.03. The first-order valence-electron chi connectivity index (χ1n) is 8.87. The van der Waals surface area contributed by atoms with Crippen molar-refractivity contribution in [1.82, 2.24) is 14.7 Å². The largest absolute Gasteiger partial charge is 0.461 e. The van der Waals surface area contributed by atoms with Crippen LogP contribution in [0.25, 0.3) is 11.1 Å². The molecule has 9 heteroatoms. The van der Waals surface area contributed by atoms with E-state index in [4.69, 9.17) is 9.26 Å². The molecule has 2 aromatic heterocycles. The molecule has 0 aliphatic rings. The first-order valence-corrected chi connectivity index (χ1v) is 8.87. The summed E-state index contributed by atoms with van der Waals surface area (Å²) in [5.41, 5.74) is 0.689. The number of amides is 1. The number of ether oxygens (including phenoxy) is 1. The van der Waals surface area contributed by atoms with Crippen molar-refractivity contribution in [2.24, 2.45) is 0 Å². The Morgan fingerprint density at radius 1 is 1.32 bits per heavy atom. The highest BCUT2D eigenvalue weighted by molar-refractivity contribution is 6.00. The molecule has 0 saturated heterocycles. The van der Waals surface area contributed by atoms with Crippen molar-refractivity contribution in [3.63, 3.8) is 0 Å². The van der Waals surface area contributed by atoms with Crippen LogP contribution in [0.3, 0.4) is 0 Å². The lowest BCUT2D eigenvalue weighted by Crippen LogP contribution is -2.33. The lowest BCUT2D eigenvalue weighted by molar-refractivity contribution is -0.119. The van der Waals surface area contributed by atoms with E-state index in [0.29, 0.717) is 12.1 Å². The highest BCUT2D eigenvalue weighted by Crippen LogP contribution is 2.18. The molecule has 2 heterocycles. The molecule has 3 rings (SSSR count). The van der Waals surface area contributed by atoms with Crippen LogP contribution in [0.5, 0.6) is 0 Å². The fourth-order valence-electron chi connectivity index (χ4n) is 2.88. The molecule has 1 aromatic carbocycles. The van der Waals surface area contributed by atoms with Crippen LogP contribution < -0.4 is 10.9 Å². The number of rotatable bonds is 6. The molecule has 28 heavy (non-hydrogen) atoms. The summed E-state index contributed by atoms with van der Waals surface area (Å²) in [5, 5.41) is 6.29. The van der Waals surface area contributed by atoms with Crippen molar-refractivity contribution in [2.75, 3.05) is 11.9 Å². The molecule has 3 aromatic rings. The minimum absolute atomic E-state index is 0.0850. The number of carbonyl (C=O) groups is 2. The third kappa shape index (κ3) is 3.64. The summed E-state index contributed by atoms with van der Waals surface area (Å²) in [4.78, 5) is 41.8. The third-order valence-electron chi connectivity index (χ3n) is 4.20. The van der Waals surface area contributed by atoms with Crippen LogP contribution in [0.15, 0.2) is 39.9 Å². The van der Waals surface area contributed by atoms with Gasteiger partial charge in [0, 0.05) is 5.69 Å². The number of carbonyl (C=O) groups excluding carboxylic acids is 2. The molecule has 0 radical (unpaired) electrons. The van der Waals surface area contributed by atoms with Gasteiger partial charge in [-0.1, -0.05) is 24.2 Å². The fourth-order valence-corrected chi connectivity index (χ4v) is 2.88. The number of fused-ring (bicyclic) bond motifs is 1. The van der Waals surface area contributed by atoms with E-state index in [1.165, 1.54) is 10.9 Å². The quantitative estimate of drug-likeness (QED) is 0.649. The number of aryl methyl sites for hydroxylation is 1. The molecule has 0 aliphatic heterocycles. The number of anilines is 1. The SMILES string of the molecule is CCOC(=O)c1noc2ncn([C@H](CC)C(=O)Nc3cccc(C)c3)c(=O)c12. The highest BCUT2D eigenvalue weighted by atomic mass is 16.5. The molecule has 1 atom stereocenters. The second-order valence-electron chi connectivity index (χ2n) is 6.17. The van der Waals surface area contributed by atoms with Gasteiger partial charge in [0.05, 0.1) is 6.61 Å². The number of nitrogens with one attached hydrogen (secondary N) is 1. The van der Waals surface area contributed by atoms with Gasteiger partial charge in [-0.15, -0.1) is 0 Å². The Hall–Kier alpha value is -3.49. The van der Waals surface area contributed by atoms with Crippen LogP contribution in [-0.2, 0) is 9.53 Å². The second-order valence-corrected chi connectivity index (χ2v) is 6.17. The fraction of sp³-hybridized carbons (Fsp3) is 0.316. The Labute approximate surface area is 160 Å². The zero-order valence-electron chi connectivity index (χ0n) is 15.8. The van der Waals surface area contributed by atoms with Crippen molar-refractivity contribution < 1.29 is 18.8 Å². The predicted molar refractivity (Wildman–Crippen MR) is 101 cm³/mol. The van der Waals surface area contributed by atoms with Gasteiger partial charge in [-0.2, -0.15) is 0 Å². The molecular formula is C19H20N4O5. The van der Waals surface area contributed by atoms with Crippen LogP contribution in [0.1, 0.15) is 42.4 Å². The monoisotopic (exact) mass is 384 g/mol. The first-order chi connectivity index (χ1) is 13.5. The van der Waals surface area contributed by atoms with Gasteiger partial charge in [0.25, 0.3) is 11.3 Å². The number of hydrogen-bond acceptors (Lipinski definition) is 7. The van der Waals surface area contributed by atoms with Crippen LogP contribution in [0.4, 0.5) is 5.69 Å². The summed E-state index contributed by atoms with van der Waals surface area (Å²) in [6.07, 6.45) is 1.56. The van der Waals surface area contributed by atoms with Crippen molar-refractivity contribution in [3.05, 3.63) is 52.2 Å².